The Labute approximate surface area is 241 Å². The van der Waals surface area contributed by atoms with Crippen LogP contribution in [0.4, 0.5) is 5.13 Å². The summed E-state index contributed by atoms with van der Waals surface area (Å²) in [6.07, 6.45) is 4.22. The molecule has 218 valence electrons. The molecular formula is C29H40N4O5S2. The Morgan fingerprint density at radius 1 is 0.900 bits per heavy atom. The monoisotopic (exact) mass is 588 g/mol. The predicted octanol–water partition coefficient (Wildman–Crippen LogP) is 5.26. The van der Waals surface area contributed by atoms with Crippen LogP contribution in [0.1, 0.15) is 56.3 Å². The Bertz CT molecular complexity index is 1340. The van der Waals surface area contributed by atoms with Crippen LogP contribution in [0, 0.1) is 0 Å². The number of nitrogens with zero attached hydrogens (tertiary/aromatic N) is 4. The average molecular weight is 589 g/mol. The Morgan fingerprint density at radius 2 is 1.52 bits per heavy atom. The molecule has 1 aromatic heterocycles. The molecule has 0 bridgehead atoms. The van der Waals surface area contributed by atoms with E-state index < -0.39 is 10.0 Å². The molecule has 40 heavy (non-hydrogen) atoms. The van der Waals surface area contributed by atoms with Crippen molar-refractivity contribution in [3.05, 3.63) is 42.0 Å². The second-order valence-corrected chi connectivity index (χ2v) is 13.2. The van der Waals surface area contributed by atoms with Gasteiger partial charge < -0.3 is 14.4 Å². The van der Waals surface area contributed by atoms with E-state index in [-0.39, 0.29) is 10.8 Å². The van der Waals surface area contributed by atoms with Crippen molar-refractivity contribution < 1.29 is 22.7 Å². The summed E-state index contributed by atoms with van der Waals surface area (Å²) in [5, 5.41) is 0.586. The highest BCUT2D eigenvalue weighted by Gasteiger charge is 2.26. The lowest BCUT2D eigenvalue weighted by Gasteiger charge is -2.23. The van der Waals surface area contributed by atoms with Crippen LogP contribution in [-0.4, -0.2) is 82.0 Å². The highest BCUT2D eigenvalue weighted by Crippen LogP contribution is 2.39. The van der Waals surface area contributed by atoms with Gasteiger partial charge in [0.1, 0.15) is 13.2 Å². The first-order valence-electron chi connectivity index (χ1n) is 14.0. The summed E-state index contributed by atoms with van der Waals surface area (Å²) in [5.41, 5.74) is 1.16. The second-order valence-electron chi connectivity index (χ2n) is 10.2. The van der Waals surface area contributed by atoms with Gasteiger partial charge >= 0.3 is 0 Å². The fourth-order valence-corrected chi connectivity index (χ4v) is 7.01. The largest absolute Gasteiger partial charge is 0.486 e. The van der Waals surface area contributed by atoms with Crippen molar-refractivity contribution in [2.24, 2.45) is 0 Å². The van der Waals surface area contributed by atoms with Gasteiger partial charge in [0.05, 0.1) is 15.1 Å². The van der Waals surface area contributed by atoms with Crippen molar-refractivity contribution in [3.63, 3.8) is 0 Å². The molecule has 0 aliphatic carbocycles. The SMILES string of the molecule is CCCCN(CCCC)S(=O)(=O)c1ccc(C(=O)N(CCCN(C)C)c2nc3cc4c(cc3s2)OCCO4)cc1. The second kappa shape index (κ2) is 13.8. The first-order valence-corrected chi connectivity index (χ1v) is 16.3. The number of benzene rings is 2. The minimum absolute atomic E-state index is 0.209. The number of hydrogen-bond acceptors (Lipinski definition) is 8. The number of hydrogen-bond donors (Lipinski definition) is 0. The minimum atomic E-state index is -3.64. The summed E-state index contributed by atoms with van der Waals surface area (Å²) in [6.45, 7) is 7.38. The van der Waals surface area contributed by atoms with Crippen LogP contribution in [0.3, 0.4) is 0 Å². The molecule has 0 atom stereocenters. The van der Waals surface area contributed by atoms with Crippen molar-refractivity contribution in [2.45, 2.75) is 50.8 Å². The minimum Gasteiger partial charge on any atom is -0.486 e. The number of carbonyl (C=O) groups is 1. The van der Waals surface area contributed by atoms with Crippen LogP contribution in [-0.2, 0) is 10.0 Å². The number of rotatable bonds is 14. The third-order valence-corrected chi connectivity index (χ3v) is 9.72. The van der Waals surface area contributed by atoms with Gasteiger partial charge in [-0.1, -0.05) is 38.0 Å². The van der Waals surface area contributed by atoms with Gasteiger partial charge in [0.25, 0.3) is 5.91 Å². The third kappa shape index (κ3) is 7.12. The number of anilines is 1. The molecule has 1 aliphatic heterocycles. The zero-order valence-corrected chi connectivity index (χ0v) is 25.5. The van der Waals surface area contributed by atoms with Crippen molar-refractivity contribution in [1.82, 2.24) is 14.2 Å². The van der Waals surface area contributed by atoms with E-state index in [1.54, 1.807) is 33.5 Å². The zero-order valence-electron chi connectivity index (χ0n) is 23.9. The van der Waals surface area contributed by atoms with Gasteiger partial charge in [0, 0.05) is 37.3 Å². The van der Waals surface area contributed by atoms with Crippen molar-refractivity contribution in [2.75, 3.05) is 58.4 Å². The van der Waals surface area contributed by atoms with Crippen LogP contribution < -0.4 is 14.4 Å². The van der Waals surface area contributed by atoms with Crippen LogP contribution in [0.2, 0.25) is 0 Å². The number of ether oxygens (including phenoxy) is 2. The third-order valence-electron chi connectivity index (χ3n) is 6.77. The topological polar surface area (TPSA) is 92.3 Å². The van der Waals surface area contributed by atoms with Crippen LogP contribution in [0.15, 0.2) is 41.3 Å². The van der Waals surface area contributed by atoms with Crippen molar-refractivity contribution in [3.8, 4) is 11.5 Å². The van der Waals surface area contributed by atoms with Gasteiger partial charge in [-0.3, -0.25) is 9.69 Å². The molecule has 4 rings (SSSR count). The molecular weight excluding hydrogens is 548 g/mol. The standard InChI is InChI=1S/C29H40N4O5S2/c1-5-7-15-32(16-8-6-2)40(35,36)23-12-10-22(11-13-23)28(34)33(17-9-14-31(3)4)29-30-24-20-25-26(21-27(24)39-29)38-19-18-37-25/h10-13,20-21H,5-9,14-19H2,1-4H3. The Hall–Kier alpha value is -2.73. The van der Waals surface area contributed by atoms with E-state index in [4.69, 9.17) is 14.5 Å². The highest BCUT2D eigenvalue weighted by molar-refractivity contribution is 7.89. The fourth-order valence-electron chi connectivity index (χ4n) is 4.49. The van der Waals surface area contributed by atoms with E-state index in [9.17, 15) is 13.2 Å². The fraction of sp³-hybridized carbons (Fsp3) is 0.517. The maximum absolute atomic E-state index is 13.8. The lowest BCUT2D eigenvalue weighted by Crippen LogP contribution is -2.34. The molecule has 0 N–H and O–H groups in total. The number of thiazole rings is 1. The number of fused-ring (bicyclic) bond motifs is 2. The van der Waals surface area contributed by atoms with E-state index in [2.05, 4.69) is 18.7 Å². The summed E-state index contributed by atoms with van der Waals surface area (Å²) in [6, 6.07) is 10.1. The molecule has 3 aromatic rings. The highest BCUT2D eigenvalue weighted by atomic mass is 32.2. The molecule has 2 aromatic carbocycles. The summed E-state index contributed by atoms with van der Waals surface area (Å²) >= 11 is 1.43. The molecule has 0 saturated heterocycles. The summed E-state index contributed by atoms with van der Waals surface area (Å²) in [5.74, 6) is 1.13. The number of carbonyl (C=O) groups excluding carboxylic acids is 1. The first-order chi connectivity index (χ1) is 19.2. The molecule has 1 amide bonds. The van der Waals surface area contributed by atoms with Crippen LogP contribution in [0.5, 0.6) is 11.5 Å². The van der Waals surface area contributed by atoms with E-state index in [0.717, 1.165) is 48.9 Å². The quantitative estimate of drug-likeness (QED) is 0.254. The Balaban J connectivity index is 1.60. The number of amides is 1. The van der Waals surface area contributed by atoms with Crippen molar-refractivity contribution >= 4 is 42.6 Å². The average Bonchev–Trinajstić information content (AvgIpc) is 3.36. The van der Waals surface area contributed by atoms with E-state index in [1.807, 2.05) is 26.2 Å². The smallest absolute Gasteiger partial charge is 0.260 e. The van der Waals surface area contributed by atoms with Gasteiger partial charge in [-0.15, -0.1) is 0 Å². The summed E-state index contributed by atoms with van der Waals surface area (Å²) < 4.78 is 40.7. The molecule has 0 fully saturated rings. The molecule has 11 heteroatoms. The van der Waals surface area contributed by atoms with Gasteiger partial charge in [-0.05, 0) is 64.2 Å². The van der Waals surface area contributed by atoms with Crippen molar-refractivity contribution in [1.29, 1.82) is 0 Å². The van der Waals surface area contributed by atoms with Crippen LogP contribution in [0.25, 0.3) is 10.2 Å². The lowest BCUT2D eigenvalue weighted by atomic mass is 10.2. The Kier molecular flexibility index (Phi) is 10.4. The Morgan fingerprint density at radius 3 is 2.12 bits per heavy atom. The molecule has 0 unspecified atom stereocenters. The maximum atomic E-state index is 13.8. The molecule has 2 heterocycles. The summed E-state index contributed by atoms with van der Waals surface area (Å²) in [7, 11) is 0.355. The van der Waals surface area contributed by atoms with E-state index in [1.165, 1.54) is 11.3 Å². The number of sulfonamides is 1. The predicted molar refractivity (Wildman–Crippen MR) is 160 cm³/mol. The van der Waals surface area contributed by atoms with Crippen LogP contribution >= 0.6 is 11.3 Å². The number of unbranched alkanes of at least 4 members (excludes halogenated alkanes) is 2. The van der Waals surface area contributed by atoms with Gasteiger partial charge in [0.15, 0.2) is 16.6 Å². The molecule has 0 radical (unpaired) electrons. The first kappa shape index (κ1) is 30.2. The summed E-state index contributed by atoms with van der Waals surface area (Å²) in [4.78, 5) is 22.5. The van der Waals surface area contributed by atoms with Gasteiger partial charge in [-0.2, -0.15) is 4.31 Å². The normalized spacial score (nSPS) is 13.3. The molecule has 0 spiro atoms. The number of aromatic nitrogens is 1. The maximum Gasteiger partial charge on any atom is 0.260 e. The molecule has 0 saturated carbocycles. The van der Waals surface area contributed by atoms with Gasteiger partial charge in [-0.25, -0.2) is 13.4 Å². The molecule has 9 nitrogen and oxygen atoms in total. The van der Waals surface area contributed by atoms with E-state index >= 15 is 0 Å². The van der Waals surface area contributed by atoms with E-state index in [0.29, 0.717) is 55.0 Å². The lowest BCUT2D eigenvalue weighted by molar-refractivity contribution is 0.0986. The zero-order chi connectivity index (χ0) is 28.7. The van der Waals surface area contributed by atoms with Gasteiger partial charge in [0.2, 0.25) is 10.0 Å². The molecule has 1 aliphatic rings.